The lowest BCUT2D eigenvalue weighted by Gasteiger charge is -2.07. The molecule has 0 bridgehead atoms. The Hall–Kier alpha value is -2.69. The van der Waals surface area contributed by atoms with Gasteiger partial charge in [-0.15, -0.1) is 0 Å². The Kier molecular flexibility index (Phi) is 2.72. The van der Waals surface area contributed by atoms with Crippen LogP contribution in [0.15, 0.2) is 48.8 Å². The zero-order valence-electron chi connectivity index (χ0n) is 10.0. The minimum atomic E-state index is -0.197. The third-order valence-electron chi connectivity index (χ3n) is 2.82. The van der Waals surface area contributed by atoms with Crippen LogP contribution in [0.3, 0.4) is 0 Å². The highest BCUT2D eigenvalue weighted by molar-refractivity contribution is 5.79. The molecular weight excluding hydrogens is 244 g/mol. The number of fused-ring (bicyclic) bond motifs is 1. The summed E-state index contributed by atoms with van der Waals surface area (Å²) >= 11 is 0. The topological polar surface area (TPSA) is 67.5 Å². The van der Waals surface area contributed by atoms with Crippen molar-refractivity contribution in [2.45, 2.75) is 6.61 Å². The third kappa shape index (κ3) is 2.18. The fraction of sp³-hybridized carbons (Fsp3) is 0.0714. The number of benzene rings is 2. The lowest BCUT2D eigenvalue weighted by Crippen LogP contribution is -2.09. The van der Waals surface area contributed by atoms with Crippen molar-refractivity contribution in [1.29, 1.82) is 0 Å². The summed E-state index contributed by atoms with van der Waals surface area (Å²) in [6.45, 7) is 0.397. The van der Waals surface area contributed by atoms with E-state index in [1.54, 1.807) is 0 Å². The first-order chi connectivity index (χ1) is 9.24. The zero-order valence-corrected chi connectivity index (χ0v) is 10.0. The molecule has 2 N–H and O–H groups in total. The Morgan fingerprint density at radius 3 is 2.58 bits per heavy atom. The molecule has 5 heteroatoms. The molecule has 3 aromatic rings. The summed E-state index contributed by atoms with van der Waals surface area (Å²) in [7, 11) is 0. The summed E-state index contributed by atoms with van der Waals surface area (Å²) in [5, 5.41) is 18.9. The number of aromatic hydroxyl groups is 2. The molecule has 96 valence electrons. The molecule has 0 aliphatic carbocycles. The fourth-order valence-electron chi connectivity index (χ4n) is 1.83. The summed E-state index contributed by atoms with van der Waals surface area (Å²) in [5.74, 6) is -0.390. The van der Waals surface area contributed by atoms with E-state index in [9.17, 15) is 10.2 Å². The van der Waals surface area contributed by atoms with Gasteiger partial charge in [-0.2, -0.15) is 4.73 Å². The van der Waals surface area contributed by atoms with Gasteiger partial charge < -0.3 is 15.1 Å². The maximum Gasteiger partial charge on any atom is 0.159 e. The van der Waals surface area contributed by atoms with Crippen LogP contribution in [0.1, 0.15) is 5.56 Å². The highest BCUT2D eigenvalue weighted by Crippen LogP contribution is 2.29. The first kappa shape index (κ1) is 11.4. The lowest BCUT2D eigenvalue weighted by molar-refractivity contribution is 0.106. The van der Waals surface area contributed by atoms with Crippen LogP contribution in [-0.2, 0) is 6.61 Å². The molecule has 3 rings (SSSR count). The standard InChI is InChI=1S/C14H12N2O3/c17-13-6-11-12(7-14(13)18)16(9-15-11)19-8-10-4-2-1-3-5-10/h1-7,9,17-18H,8H2. The van der Waals surface area contributed by atoms with E-state index in [-0.39, 0.29) is 11.5 Å². The maximum absolute atomic E-state index is 9.50. The summed E-state index contributed by atoms with van der Waals surface area (Å²) < 4.78 is 1.47. The molecule has 2 aromatic carbocycles. The maximum atomic E-state index is 9.50. The molecule has 0 unspecified atom stereocenters. The third-order valence-corrected chi connectivity index (χ3v) is 2.82. The van der Waals surface area contributed by atoms with E-state index in [1.165, 1.54) is 23.2 Å². The largest absolute Gasteiger partial charge is 0.504 e. The number of phenols is 2. The molecule has 0 fully saturated rings. The van der Waals surface area contributed by atoms with Crippen LogP contribution in [0.5, 0.6) is 11.5 Å². The molecular formula is C14H12N2O3. The molecule has 1 heterocycles. The number of rotatable bonds is 3. The van der Waals surface area contributed by atoms with Gasteiger partial charge in [0.15, 0.2) is 11.5 Å². The average molecular weight is 256 g/mol. The van der Waals surface area contributed by atoms with Gasteiger partial charge in [0.25, 0.3) is 0 Å². The van der Waals surface area contributed by atoms with Gasteiger partial charge in [-0.05, 0) is 5.56 Å². The Morgan fingerprint density at radius 1 is 1.05 bits per heavy atom. The summed E-state index contributed by atoms with van der Waals surface area (Å²) in [4.78, 5) is 9.70. The van der Waals surface area contributed by atoms with Crippen LogP contribution in [0.25, 0.3) is 11.0 Å². The van der Waals surface area contributed by atoms with Gasteiger partial charge in [0.2, 0.25) is 0 Å². The fourth-order valence-corrected chi connectivity index (χ4v) is 1.83. The quantitative estimate of drug-likeness (QED) is 0.704. The Balaban J connectivity index is 1.87. The Bertz CT molecular complexity index is 707. The van der Waals surface area contributed by atoms with Crippen molar-refractivity contribution in [2.75, 3.05) is 0 Å². The normalized spacial score (nSPS) is 10.7. The second kappa shape index (κ2) is 4.53. The average Bonchev–Trinajstić information content (AvgIpc) is 2.80. The molecule has 0 saturated heterocycles. The van der Waals surface area contributed by atoms with Crippen LogP contribution >= 0.6 is 0 Å². The monoisotopic (exact) mass is 256 g/mol. The van der Waals surface area contributed by atoms with Gasteiger partial charge in [0.05, 0.1) is 5.52 Å². The highest BCUT2D eigenvalue weighted by atomic mass is 16.7. The summed E-state index contributed by atoms with van der Waals surface area (Å²) in [5.41, 5.74) is 2.20. The SMILES string of the molecule is Oc1cc2ncn(OCc3ccccc3)c2cc1O. The van der Waals surface area contributed by atoms with Crippen molar-refractivity contribution in [3.63, 3.8) is 0 Å². The van der Waals surface area contributed by atoms with Crippen molar-refractivity contribution in [1.82, 2.24) is 9.71 Å². The smallest absolute Gasteiger partial charge is 0.159 e. The molecule has 5 nitrogen and oxygen atoms in total. The Labute approximate surface area is 109 Å². The molecule has 0 atom stereocenters. The highest BCUT2D eigenvalue weighted by Gasteiger charge is 2.08. The van der Waals surface area contributed by atoms with Crippen molar-refractivity contribution < 1.29 is 15.1 Å². The number of aromatic nitrogens is 2. The molecule has 0 spiro atoms. The van der Waals surface area contributed by atoms with Gasteiger partial charge in [-0.1, -0.05) is 30.3 Å². The first-order valence-corrected chi connectivity index (χ1v) is 5.80. The molecule has 0 amide bonds. The number of hydrogen-bond donors (Lipinski definition) is 2. The summed E-state index contributed by atoms with van der Waals surface area (Å²) in [6, 6.07) is 12.6. The van der Waals surface area contributed by atoms with Crippen molar-refractivity contribution in [3.8, 4) is 11.5 Å². The molecule has 19 heavy (non-hydrogen) atoms. The van der Waals surface area contributed by atoms with Crippen molar-refractivity contribution >= 4 is 11.0 Å². The van der Waals surface area contributed by atoms with E-state index in [1.807, 2.05) is 30.3 Å². The van der Waals surface area contributed by atoms with E-state index in [2.05, 4.69) is 4.98 Å². The van der Waals surface area contributed by atoms with E-state index >= 15 is 0 Å². The molecule has 0 saturated carbocycles. The second-order valence-corrected chi connectivity index (χ2v) is 4.16. The van der Waals surface area contributed by atoms with Crippen LogP contribution in [0.4, 0.5) is 0 Å². The van der Waals surface area contributed by atoms with Gasteiger partial charge in [-0.25, -0.2) is 4.98 Å². The van der Waals surface area contributed by atoms with E-state index in [4.69, 9.17) is 4.84 Å². The minimum absolute atomic E-state index is 0.194. The zero-order chi connectivity index (χ0) is 13.2. The van der Waals surface area contributed by atoms with Crippen LogP contribution in [0, 0.1) is 0 Å². The number of imidazole rings is 1. The molecule has 0 radical (unpaired) electrons. The predicted octanol–water partition coefficient (Wildman–Crippen LogP) is 2.08. The van der Waals surface area contributed by atoms with E-state index in [0.717, 1.165) is 5.56 Å². The van der Waals surface area contributed by atoms with E-state index < -0.39 is 0 Å². The number of phenolic OH excluding ortho intramolecular Hbond substituents is 2. The van der Waals surface area contributed by atoms with Gasteiger partial charge >= 0.3 is 0 Å². The minimum Gasteiger partial charge on any atom is -0.504 e. The van der Waals surface area contributed by atoms with Crippen LogP contribution in [-0.4, -0.2) is 19.9 Å². The number of nitrogens with zero attached hydrogens (tertiary/aromatic N) is 2. The van der Waals surface area contributed by atoms with E-state index in [0.29, 0.717) is 17.6 Å². The molecule has 0 aliphatic heterocycles. The molecule has 0 aliphatic rings. The van der Waals surface area contributed by atoms with Gasteiger partial charge in [0.1, 0.15) is 18.5 Å². The van der Waals surface area contributed by atoms with Gasteiger partial charge in [0, 0.05) is 12.1 Å². The molecule has 1 aromatic heterocycles. The van der Waals surface area contributed by atoms with Crippen LogP contribution < -0.4 is 4.84 Å². The van der Waals surface area contributed by atoms with Crippen molar-refractivity contribution in [2.24, 2.45) is 0 Å². The van der Waals surface area contributed by atoms with Crippen molar-refractivity contribution in [3.05, 3.63) is 54.4 Å². The Morgan fingerprint density at radius 2 is 1.79 bits per heavy atom. The van der Waals surface area contributed by atoms with Gasteiger partial charge in [-0.3, -0.25) is 0 Å². The second-order valence-electron chi connectivity index (χ2n) is 4.16. The number of hydrogen-bond acceptors (Lipinski definition) is 4. The van der Waals surface area contributed by atoms with Crippen LogP contribution in [0.2, 0.25) is 0 Å². The summed E-state index contributed by atoms with van der Waals surface area (Å²) in [6.07, 6.45) is 1.51. The first-order valence-electron chi connectivity index (χ1n) is 5.80. The predicted molar refractivity (Wildman–Crippen MR) is 69.8 cm³/mol. The lowest BCUT2D eigenvalue weighted by atomic mass is 10.2.